The fourth-order valence-electron chi connectivity index (χ4n) is 4.30. The number of rotatable bonds is 23. The van der Waals surface area contributed by atoms with Crippen LogP contribution < -0.4 is 0 Å². The molecule has 1 heterocycles. The van der Waals surface area contributed by atoms with Crippen molar-refractivity contribution in [2.75, 3.05) is 46.2 Å². The van der Waals surface area contributed by atoms with Crippen LogP contribution in [0.1, 0.15) is 122 Å². The van der Waals surface area contributed by atoms with Gasteiger partial charge >= 0.3 is 23.9 Å². The summed E-state index contributed by atoms with van der Waals surface area (Å²) in [5.74, 6) is -2.27. The Hall–Kier alpha value is -4.32. The van der Waals surface area contributed by atoms with Gasteiger partial charge in [-0.15, -0.1) is 0 Å². The lowest BCUT2D eigenvalue weighted by atomic mass is 9.93. The van der Waals surface area contributed by atoms with E-state index in [-0.39, 0.29) is 13.2 Å². The molecule has 15 heteroatoms. The topological polar surface area (TPSA) is 269 Å². The van der Waals surface area contributed by atoms with E-state index in [9.17, 15) is 19.2 Å². The van der Waals surface area contributed by atoms with E-state index in [4.69, 9.17) is 50.7 Å². The number of carboxylic acids is 1. The van der Waals surface area contributed by atoms with Crippen LogP contribution in [0.2, 0.25) is 0 Å². The van der Waals surface area contributed by atoms with E-state index in [1.165, 1.54) is 51.9 Å². The van der Waals surface area contributed by atoms with Gasteiger partial charge < -0.3 is 55.4 Å². The minimum Gasteiger partial charge on any atom is -0.481 e. The zero-order valence-electron chi connectivity index (χ0n) is 34.6. The Kier molecular flexibility index (Phi) is 36.5. The van der Waals surface area contributed by atoms with Gasteiger partial charge in [-0.3, -0.25) is 4.79 Å². The molecule has 0 saturated heterocycles. The lowest BCUT2D eigenvalue weighted by Crippen LogP contribution is -2.37. The quantitative estimate of drug-likeness (QED) is 0.0325. The maximum absolute atomic E-state index is 11.3. The first-order valence-electron chi connectivity index (χ1n) is 19.9. The Labute approximate surface area is 348 Å². The molecule has 2 aromatic rings. The van der Waals surface area contributed by atoms with Crippen LogP contribution >= 0.6 is 0 Å². The van der Waals surface area contributed by atoms with Crippen LogP contribution in [0.3, 0.4) is 0 Å². The van der Waals surface area contributed by atoms with Gasteiger partial charge in [0.05, 0.1) is 67.9 Å². The van der Waals surface area contributed by atoms with Crippen LogP contribution in [0, 0.1) is 5.41 Å². The number of ether oxygens (including phenoxy) is 2. The fourth-order valence-corrected chi connectivity index (χ4v) is 4.30. The van der Waals surface area contributed by atoms with E-state index in [2.05, 4.69) is 36.0 Å². The highest BCUT2D eigenvalue weighted by Gasteiger charge is 2.28. The monoisotopic (exact) mass is 836 g/mol. The summed E-state index contributed by atoms with van der Waals surface area (Å²) in [4.78, 5) is 43.2. The van der Waals surface area contributed by atoms with Crippen LogP contribution in [0.25, 0.3) is 0 Å². The highest BCUT2D eigenvalue weighted by molar-refractivity contribution is 6.14. The minimum absolute atomic E-state index is 0.139. The number of carbonyl (C=O) groups is 4. The molecule has 0 aliphatic carbocycles. The average molecular weight is 837 g/mol. The van der Waals surface area contributed by atoms with E-state index in [0.29, 0.717) is 23.1 Å². The first-order valence-corrected chi connectivity index (χ1v) is 19.9. The smallest absolute Gasteiger partial charge is 0.346 e. The molecule has 0 saturated carbocycles. The number of hydrogen-bond donors (Lipinski definition) is 9. The fraction of sp³-hybridized carbons (Fsp3) is 0.545. The highest BCUT2D eigenvalue weighted by Crippen LogP contribution is 2.18. The Morgan fingerprint density at radius 1 is 0.678 bits per heavy atom. The van der Waals surface area contributed by atoms with E-state index in [1.54, 1.807) is 54.6 Å². The molecular weight excluding hydrogens is 768 g/mol. The summed E-state index contributed by atoms with van der Waals surface area (Å²) >= 11 is 0. The molecule has 1 aliphatic heterocycles. The van der Waals surface area contributed by atoms with Crippen molar-refractivity contribution in [2.24, 2.45) is 5.41 Å². The third-order valence-corrected chi connectivity index (χ3v) is 8.13. The van der Waals surface area contributed by atoms with Gasteiger partial charge in [-0.2, -0.15) is 0 Å². The molecule has 59 heavy (non-hydrogen) atoms. The van der Waals surface area contributed by atoms with Crippen molar-refractivity contribution in [3.8, 4) is 0 Å². The summed E-state index contributed by atoms with van der Waals surface area (Å²) in [7, 11) is 0. The molecule has 15 nitrogen and oxygen atoms in total. The van der Waals surface area contributed by atoms with Gasteiger partial charge in [-0.05, 0) is 69.7 Å². The van der Waals surface area contributed by atoms with E-state index in [1.807, 2.05) is 0 Å². The largest absolute Gasteiger partial charge is 0.481 e. The summed E-state index contributed by atoms with van der Waals surface area (Å²) in [5.41, 5.74) is 0.0349. The number of carbonyl (C=O) groups excluding carboxylic acids is 3. The van der Waals surface area contributed by atoms with Gasteiger partial charge in [-0.25, -0.2) is 14.4 Å². The van der Waals surface area contributed by atoms with E-state index >= 15 is 0 Å². The van der Waals surface area contributed by atoms with Gasteiger partial charge in [0, 0.05) is 6.42 Å². The second-order valence-corrected chi connectivity index (χ2v) is 13.6. The molecule has 0 fully saturated rings. The number of aliphatic hydroxyl groups is 8. The van der Waals surface area contributed by atoms with Crippen LogP contribution in [0.4, 0.5) is 0 Å². The van der Waals surface area contributed by atoms with Crippen LogP contribution in [0.15, 0.2) is 78.9 Å². The number of esters is 3. The minimum atomic E-state index is -1.11. The zero-order valence-corrected chi connectivity index (χ0v) is 34.6. The third-order valence-electron chi connectivity index (χ3n) is 8.13. The summed E-state index contributed by atoms with van der Waals surface area (Å²) in [6.45, 7) is 1.39. The maximum Gasteiger partial charge on any atom is 0.346 e. The first kappa shape index (κ1) is 56.8. The predicted octanol–water partition coefficient (Wildman–Crippen LogP) is 4.38. The molecule has 0 amide bonds. The van der Waals surface area contributed by atoms with Crippen molar-refractivity contribution in [3.05, 3.63) is 95.6 Å². The molecule has 1 aliphatic rings. The summed E-state index contributed by atoms with van der Waals surface area (Å²) < 4.78 is 9.09. The molecule has 2 unspecified atom stereocenters. The van der Waals surface area contributed by atoms with Crippen LogP contribution in [0.5, 0.6) is 0 Å². The maximum atomic E-state index is 11.3. The number of benzene rings is 2. The standard InChI is InChI=1S/C18H32O2.C10H12O4.C8H4O3.C5H12O4.C3H8O2/c1-2-3-4-5-6-7-8-9-10-11-12-13-14-15-16-17-18(19)20;11-6-9(12)7-14-10(13)8-4-2-1-3-5-8;9-7-5-3-1-2-4-6(5)8(10)11-7;6-1-5(2-7,3-8)4-9;1-3(5)2-4/h6-7,9-10H,2-5,8,11-17H2,1H3,(H,19,20);1-5,9,11-12H,6-7H2;1-4H;6-9H,1-4H2;3-5H,2H2,1H3. The van der Waals surface area contributed by atoms with Crippen LogP contribution in [-0.4, -0.2) is 128 Å². The predicted molar refractivity (Wildman–Crippen MR) is 223 cm³/mol. The Morgan fingerprint density at radius 3 is 1.56 bits per heavy atom. The second kappa shape index (κ2) is 37.9. The number of carboxylic acid groups (broad SMARTS) is 1. The average Bonchev–Trinajstić information content (AvgIpc) is 3.55. The lowest BCUT2D eigenvalue weighted by molar-refractivity contribution is -0.137. The molecule has 2 atom stereocenters. The van der Waals surface area contributed by atoms with Crippen molar-refractivity contribution in [3.63, 3.8) is 0 Å². The Balaban J connectivity index is 0. The SMILES string of the molecule is CC(O)CO.CCCCCC=CCC=CCCCCCCCC(=O)O.O=C(OCC(O)CO)c1ccccc1.O=C1OC(=O)c2ccccc21.OCC(CO)(CO)CO. The number of cyclic esters (lactones) is 2. The number of aliphatic hydroxyl groups excluding tert-OH is 8. The lowest BCUT2D eigenvalue weighted by Gasteiger charge is -2.23. The van der Waals surface area contributed by atoms with Gasteiger partial charge in [0.15, 0.2) is 0 Å². The van der Waals surface area contributed by atoms with Crippen molar-refractivity contribution >= 4 is 23.9 Å². The number of hydrogen-bond acceptors (Lipinski definition) is 14. The van der Waals surface area contributed by atoms with Gasteiger partial charge in [0.2, 0.25) is 0 Å². The number of fused-ring (bicyclic) bond motifs is 1. The molecule has 0 spiro atoms. The Bertz CT molecular complexity index is 1370. The molecule has 0 radical (unpaired) electrons. The van der Waals surface area contributed by atoms with Gasteiger partial charge in [-0.1, -0.05) is 93.7 Å². The number of unbranched alkanes of at least 4 members (excludes halogenated alkanes) is 8. The summed E-state index contributed by atoms with van der Waals surface area (Å²) in [6.07, 6.45) is 20.7. The molecule has 0 bridgehead atoms. The van der Waals surface area contributed by atoms with E-state index in [0.717, 1.165) is 25.7 Å². The summed E-state index contributed by atoms with van der Waals surface area (Å²) in [5, 5.41) is 75.9. The van der Waals surface area contributed by atoms with E-state index < -0.39 is 74.5 Å². The summed E-state index contributed by atoms with van der Waals surface area (Å²) in [6, 6.07) is 15.0. The van der Waals surface area contributed by atoms with Gasteiger partial charge in [0.1, 0.15) is 12.7 Å². The number of allylic oxidation sites excluding steroid dienone is 4. The van der Waals surface area contributed by atoms with Crippen molar-refractivity contribution < 1.29 is 74.6 Å². The molecule has 9 N–H and O–H groups in total. The molecule has 3 rings (SSSR count). The van der Waals surface area contributed by atoms with Gasteiger partial charge in [0.25, 0.3) is 0 Å². The highest BCUT2D eigenvalue weighted by atomic mass is 16.6. The molecular formula is C44H68O15. The molecule has 334 valence electrons. The van der Waals surface area contributed by atoms with Crippen molar-refractivity contribution in [1.82, 2.24) is 0 Å². The molecule has 2 aromatic carbocycles. The van der Waals surface area contributed by atoms with Crippen molar-refractivity contribution in [2.45, 2.75) is 103 Å². The first-order chi connectivity index (χ1) is 28.3. The zero-order chi connectivity index (χ0) is 44.7. The third kappa shape index (κ3) is 30.4. The van der Waals surface area contributed by atoms with Crippen molar-refractivity contribution in [1.29, 1.82) is 0 Å². The van der Waals surface area contributed by atoms with Crippen LogP contribution in [-0.2, 0) is 14.3 Å². The Morgan fingerprint density at radius 2 is 1.14 bits per heavy atom. The second-order valence-electron chi connectivity index (χ2n) is 13.6. The molecule has 0 aromatic heterocycles. The number of aliphatic carboxylic acids is 1. The normalized spacial score (nSPS) is 12.6.